The van der Waals surface area contributed by atoms with Crippen molar-refractivity contribution in [1.82, 2.24) is 5.32 Å². The topological polar surface area (TPSA) is 21.3 Å². The number of hydrogen-bond acceptors (Lipinski definition) is 2. The molecule has 108 valence electrons. The molecule has 0 radical (unpaired) electrons. The van der Waals surface area contributed by atoms with Crippen molar-refractivity contribution in [2.45, 2.75) is 50.2 Å². The largest absolute Gasteiger partial charge is 0.423 e. The minimum atomic E-state index is -5.41. The van der Waals surface area contributed by atoms with Gasteiger partial charge in [0.2, 0.25) is 6.10 Å². The number of ether oxygens (including phenoxy) is 1. The molecule has 0 aromatic heterocycles. The van der Waals surface area contributed by atoms with Crippen LogP contribution in [0.5, 0.6) is 0 Å². The van der Waals surface area contributed by atoms with Gasteiger partial charge in [-0.25, -0.2) is 0 Å². The third-order valence-corrected chi connectivity index (χ3v) is 2.74. The summed E-state index contributed by atoms with van der Waals surface area (Å²) in [5, 5.41) is 3.11. The first-order chi connectivity index (χ1) is 8.21. The van der Waals surface area contributed by atoms with Crippen molar-refractivity contribution in [3.63, 3.8) is 0 Å². The second-order valence-electron chi connectivity index (χ2n) is 4.27. The first kappa shape index (κ1) is 15.6. The molecule has 0 spiro atoms. The van der Waals surface area contributed by atoms with Crippen molar-refractivity contribution >= 4 is 0 Å². The van der Waals surface area contributed by atoms with Gasteiger partial charge in [0.25, 0.3) is 0 Å². The SMILES string of the molecule is FC(F)(F)C(OCCCC1CCCN1)C(F)(F)F. The monoisotopic (exact) mass is 279 g/mol. The summed E-state index contributed by atoms with van der Waals surface area (Å²) in [6, 6.07) is 0.184. The Morgan fingerprint density at radius 1 is 1.11 bits per heavy atom. The van der Waals surface area contributed by atoms with Gasteiger partial charge >= 0.3 is 12.4 Å². The molecule has 1 heterocycles. The van der Waals surface area contributed by atoms with Crippen molar-refractivity contribution in [1.29, 1.82) is 0 Å². The standard InChI is InChI=1S/C10H15F6NO/c11-9(12,13)8(10(14,15)16)18-6-2-4-7-3-1-5-17-7/h7-8,17H,1-6H2. The van der Waals surface area contributed by atoms with E-state index in [0.29, 0.717) is 6.42 Å². The van der Waals surface area contributed by atoms with Gasteiger partial charge in [-0.15, -0.1) is 0 Å². The Kier molecular flexibility index (Phi) is 5.27. The van der Waals surface area contributed by atoms with E-state index in [1.54, 1.807) is 0 Å². The zero-order valence-corrected chi connectivity index (χ0v) is 9.57. The van der Waals surface area contributed by atoms with E-state index in [4.69, 9.17) is 0 Å². The molecule has 0 saturated carbocycles. The maximum absolute atomic E-state index is 12.1. The van der Waals surface area contributed by atoms with Gasteiger partial charge < -0.3 is 10.1 Å². The Balaban J connectivity index is 2.29. The summed E-state index contributed by atoms with van der Waals surface area (Å²) < 4.78 is 76.5. The van der Waals surface area contributed by atoms with Crippen LogP contribution in [0.15, 0.2) is 0 Å². The normalized spacial score (nSPS) is 21.8. The molecular weight excluding hydrogens is 264 g/mol. The molecule has 1 fully saturated rings. The summed E-state index contributed by atoms with van der Waals surface area (Å²) in [5.74, 6) is 0. The highest BCUT2D eigenvalue weighted by atomic mass is 19.4. The lowest BCUT2D eigenvalue weighted by Gasteiger charge is -2.23. The summed E-state index contributed by atoms with van der Waals surface area (Å²) >= 11 is 0. The van der Waals surface area contributed by atoms with Crippen LogP contribution < -0.4 is 5.32 Å². The lowest BCUT2D eigenvalue weighted by atomic mass is 10.1. The van der Waals surface area contributed by atoms with E-state index < -0.39 is 25.1 Å². The lowest BCUT2D eigenvalue weighted by Crippen LogP contribution is -2.44. The van der Waals surface area contributed by atoms with E-state index in [9.17, 15) is 26.3 Å². The fourth-order valence-electron chi connectivity index (χ4n) is 1.91. The van der Waals surface area contributed by atoms with E-state index in [-0.39, 0.29) is 12.5 Å². The molecule has 1 aliphatic heterocycles. The van der Waals surface area contributed by atoms with Crippen LogP contribution in [-0.2, 0) is 4.74 Å². The highest BCUT2D eigenvalue weighted by Crippen LogP contribution is 2.35. The van der Waals surface area contributed by atoms with Gasteiger partial charge in [-0.1, -0.05) is 0 Å². The first-order valence-corrected chi connectivity index (χ1v) is 5.69. The first-order valence-electron chi connectivity index (χ1n) is 5.69. The van der Waals surface area contributed by atoms with Gasteiger partial charge in [-0.2, -0.15) is 26.3 Å². The van der Waals surface area contributed by atoms with Crippen LogP contribution in [0.25, 0.3) is 0 Å². The van der Waals surface area contributed by atoms with Crippen LogP contribution in [-0.4, -0.2) is 37.7 Å². The van der Waals surface area contributed by atoms with Gasteiger partial charge in [0, 0.05) is 12.6 Å². The maximum Gasteiger partial charge on any atom is 0.423 e. The number of rotatable bonds is 5. The molecule has 1 aliphatic rings. The molecule has 18 heavy (non-hydrogen) atoms. The van der Waals surface area contributed by atoms with Crippen molar-refractivity contribution in [2.24, 2.45) is 0 Å². The average Bonchev–Trinajstić information content (AvgIpc) is 2.65. The van der Waals surface area contributed by atoms with E-state index in [1.165, 1.54) is 0 Å². The summed E-state index contributed by atoms with van der Waals surface area (Å²) in [5.41, 5.74) is 0. The van der Waals surface area contributed by atoms with Crippen molar-refractivity contribution in [2.75, 3.05) is 13.2 Å². The van der Waals surface area contributed by atoms with E-state index in [1.807, 2.05) is 0 Å². The molecule has 1 atom stereocenters. The summed E-state index contributed by atoms with van der Waals surface area (Å²) in [4.78, 5) is 0. The van der Waals surface area contributed by atoms with Gasteiger partial charge in [-0.05, 0) is 32.2 Å². The minimum Gasteiger partial charge on any atom is -0.361 e. The Hall–Kier alpha value is -0.500. The molecule has 1 unspecified atom stereocenters. The van der Waals surface area contributed by atoms with Crippen LogP contribution in [0, 0.1) is 0 Å². The fourth-order valence-corrected chi connectivity index (χ4v) is 1.91. The van der Waals surface area contributed by atoms with Gasteiger partial charge in [0.15, 0.2) is 0 Å². The minimum absolute atomic E-state index is 0.181. The van der Waals surface area contributed by atoms with Gasteiger partial charge in [-0.3, -0.25) is 0 Å². The van der Waals surface area contributed by atoms with E-state index >= 15 is 0 Å². The lowest BCUT2D eigenvalue weighted by molar-refractivity contribution is -0.321. The molecule has 0 aromatic carbocycles. The molecule has 0 aromatic rings. The Labute approximate surface area is 101 Å². The highest BCUT2D eigenvalue weighted by molar-refractivity contribution is 4.77. The Morgan fingerprint density at radius 3 is 2.17 bits per heavy atom. The van der Waals surface area contributed by atoms with Crippen LogP contribution in [0.3, 0.4) is 0 Å². The fraction of sp³-hybridized carbons (Fsp3) is 1.00. The molecule has 1 saturated heterocycles. The molecule has 1 rings (SSSR count). The maximum atomic E-state index is 12.1. The predicted octanol–water partition coefficient (Wildman–Crippen LogP) is 3.03. The van der Waals surface area contributed by atoms with Crippen LogP contribution in [0.2, 0.25) is 0 Å². The molecule has 1 N–H and O–H groups in total. The molecular formula is C10H15F6NO. The number of hydrogen-bond donors (Lipinski definition) is 1. The third-order valence-electron chi connectivity index (χ3n) is 2.74. The van der Waals surface area contributed by atoms with Gasteiger partial charge in [0.1, 0.15) is 0 Å². The van der Waals surface area contributed by atoms with E-state index in [2.05, 4.69) is 10.1 Å². The molecule has 8 heteroatoms. The van der Waals surface area contributed by atoms with Crippen molar-refractivity contribution < 1.29 is 31.1 Å². The van der Waals surface area contributed by atoms with E-state index in [0.717, 1.165) is 19.4 Å². The third kappa shape index (κ3) is 5.01. The summed E-state index contributed by atoms with van der Waals surface area (Å²) in [6.07, 6.45) is -11.9. The quantitative estimate of drug-likeness (QED) is 0.617. The summed E-state index contributed by atoms with van der Waals surface area (Å²) in [7, 11) is 0. The molecule has 2 nitrogen and oxygen atoms in total. The van der Waals surface area contributed by atoms with Crippen molar-refractivity contribution in [3.8, 4) is 0 Å². The number of alkyl halides is 6. The molecule has 0 aliphatic carbocycles. The highest BCUT2D eigenvalue weighted by Gasteiger charge is 2.57. The molecule has 0 bridgehead atoms. The Bertz CT molecular complexity index is 232. The van der Waals surface area contributed by atoms with Gasteiger partial charge in [0.05, 0.1) is 0 Å². The zero-order valence-electron chi connectivity index (χ0n) is 9.57. The average molecular weight is 279 g/mol. The number of nitrogens with one attached hydrogen (secondary N) is 1. The predicted molar refractivity (Wildman–Crippen MR) is 52.1 cm³/mol. The smallest absolute Gasteiger partial charge is 0.361 e. The second-order valence-corrected chi connectivity index (χ2v) is 4.27. The van der Waals surface area contributed by atoms with Crippen LogP contribution >= 0.6 is 0 Å². The summed E-state index contributed by atoms with van der Waals surface area (Å²) in [6.45, 7) is 0.307. The number of halogens is 6. The molecule has 0 amide bonds. The van der Waals surface area contributed by atoms with Crippen LogP contribution in [0.1, 0.15) is 25.7 Å². The zero-order chi connectivity index (χ0) is 13.8. The van der Waals surface area contributed by atoms with Crippen molar-refractivity contribution in [3.05, 3.63) is 0 Å². The Morgan fingerprint density at radius 2 is 1.72 bits per heavy atom. The van der Waals surface area contributed by atoms with Crippen LogP contribution in [0.4, 0.5) is 26.3 Å². The second kappa shape index (κ2) is 6.10.